The van der Waals surface area contributed by atoms with Crippen LogP contribution in [0.5, 0.6) is 11.5 Å². The normalized spacial score (nSPS) is 23.7. The van der Waals surface area contributed by atoms with Crippen LogP contribution in [0.15, 0.2) is 66.1 Å². The van der Waals surface area contributed by atoms with Crippen LogP contribution >= 0.6 is 11.3 Å². The molecule has 0 bridgehead atoms. The Morgan fingerprint density at radius 2 is 1.79 bits per heavy atom. The Kier molecular flexibility index (Phi) is 13.6. The molecular weight excluding hydrogens is 830 g/mol. The number of ketones is 1. The molecule has 0 spiro atoms. The first kappa shape index (κ1) is 44.9. The first-order chi connectivity index (χ1) is 30.1. The summed E-state index contributed by atoms with van der Waals surface area (Å²) in [7, 11) is 1.56. The van der Waals surface area contributed by atoms with Gasteiger partial charge in [0.25, 0.3) is 0 Å². The number of allylic oxidation sites excluding steroid dienone is 1. The van der Waals surface area contributed by atoms with Gasteiger partial charge in [-0.05, 0) is 81.8 Å². The quantitative estimate of drug-likeness (QED) is 0.0747. The Morgan fingerprint density at radius 3 is 2.51 bits per heavy atom. The first-order valence-electron chi connectivity index (χ1n) is 21.4. The van der Waals surface area contributed by atoms with Gasteiger partial charge >= 0.3 is 12.0 Å². The van der Waals surface area contributed by atoms with Gasteiger partial charge in [-0.25, -0.2) is 23.9 Å². The second-order valence-electron chi connectivity index (χ2n) is 17.1. The number of rotatable bonds is 12. The lowest BCUT2D eigenvalue weighted by Crippen LogP contribution is -2.58. The molecule has 15 nitrogen and oxygen atoms in total. The summed E-state index contributed by atoms with van der Waals surface area (Å²) >= 11 is 1.44. The molecule has 1 aliphatic carbocycles. The summed E-state index contributed by atoms with van der Waals surface area (Å²) in [5, 5.41) is 25.3. The zero-order chi connectivity index (χ0) is 45.0. The first-order valence-corrected chi connectivity index (χ1v) is 22.3. The predicted molar refractivity (Wildman–Crippen MR) is 236 cm³/mol. The van der Waals surface area contributed by atoms with Crippen molar-refractivity contribution in [3.05, 3.63) is 77.4 Å². The van der Waals surface area contributed by atoms with Crippen LogP contribution in [0.1, 0.15) is 83.0 Å². The molecule has 2 aromatic carbocycles. The van der Waals surface area contributed by atoms with Crippen molar-refractivity contribution in [2.75, 3.05) is 19.0 Å². The van der Waals surface area contributed by atoms with Crippen LogP contribution < -0.4 is 30.7 Å². The maximum atomic E-state index is 14.8. The Hall–Kier alpha value is -6.10. The van der Waals surface area contributed by atoms with Gasteiger partial charge in [0.05, 0.1) is 30.9 Å². The number of nitrogens with one attached hydrogen (secondary N) is 4. The molecule has 1 unspecified atom stereocenters. The number of carboxylic acids is 1. The van der Waals surface area contributed by atoms with Crippen LogP contribution in [0, 0.1) is 17.7 Å². The number of halogens is 1. The molecule has 1 saturated heterocycles. The zero-order valence-electron chi connectivity index (χ0n) is 36.0. The standard InChI is InChI=1S/C46H54FN7O8S/c1-25(2)39(40(55)27-13-15-29(47)16-14-27)52-44(60)50-33-12-10-8-6-7-9-11-28-22-46(28,43(58)59)53-41(56)37-20-31(23-54(37)42(33)57)62-38-21-35(36-24-63-45(51-36)48-26(3)4)49-34-19-30(61-5)17-18-32(34)38/h9,11,13-19,21,24-26,28,31,33,37,39H,6-8,10,12,20,22-23H2,1-5H3,(H,48,51)(H,53,56)(H,58,59)(H2,50,52,60)/b11-9-/t28?,31-,33+,37+,39+,46-/m1/s1. The number of carbonyl (C=O) groups is 5. The Labute approximate surface area is 369 Å². The topological polar surface area (TPSA) is 201 Å². The van der Waals surface area contributed by atoms with Crippen molar-refractivity contribution in [2.45, 2.75) is 108 Å². The van der Waals surface area contributed by atoms with Gasteiger partial charge in [-0.1, -0.05) is 38.8 Å². The highest BCUT2D eigenvalue weighted by Crippen LogP contribution is 2.45. The smallest absolute Gasteiger partial charge is 0.330 e. The Balaban J connectivity index is 1.19. The number of thiazole rings is 1. The molecule has 2 fully saturated rings. The van der Waals surface area contributed by atoms with Gasteiger partial charge in [-0.15, -0.1) is 11.3 Å². The third-order valence-corrected chi connectivity index (χ3v) is 12.5. The number of nitrogens with zero attached hydrogens (tertiary/aromatic N) is 3. The van der Waals surface area contributed by atoms with Crippen LogP contribution in [0.2, 0.25) is 0 Å². The second kappa shape index (κ2) is 19.1. The number of carbonyl (C=O) groups excluding carboxylic acids is 4. The number of amides is 4. The molecule has 7 rings (SSSR count). The lowest BCUT2D eigenvalue weighted by atomic mass is 9.95. The van der Waals surface area contributed by atoms with E-state index in [9.17, 15) is 33.5 Å². The molecule has 1 saturated carbocycles. The largest absolute Gasteiger partial charge is 0.497 e. The summed E-state index contributed by atoms with van der Waals surface area (Å²) in [5.41, 5.74) is 0.415. The zero-order valence-corrected chi connectivity index (χ0v) is 36.8. The summed E-state index contributed by atoms with van der Waals surface area (Å²) in [6, 6.07) is 8.35. The Bertz CT molecular complexity index is 2390. The molecule has 4 heterocycles. The number of pyridine rings is 1. The molecule has 4 amide bonds. The van der Waals surface area contributed by atoms with Gasteiger partial charge < -0.3 is 40.7 Å². The van der Waals surface area contributed by atoms with E-state index in [0.29, 0.717) is 53.1 Å². The second-order valence-corrected chi connectivity index (χ2v) is 18.0. The fourth-order valence-electron chi connectivity index (χ4n) is 8.23. The van der Waals surface area contributed by atoms with Gasteiger partial charge in [0, 0.05) is 46.8 Å². The van der Waals surface area contributed by atoms with Gasteiger partial charge in [0.15, 0.2) is 10.9 Å². The van der Waals surface area contributed by atoms with Crippen LogP contribution in [0.25, 0.3) is 22.3 Å². The minimum atomic E-state index is -1.52. The van der Waals surface area contributed by atoms with Gasteiger partial charge in [-0.2, -0.15) is 0 Å². The third-order valence-electron chi connectivity index (χ3n) is 11.7. The monoisotopic (exact) mass is 883 g/mol. The van der Waals surface area contributed by atoms with Crippen molar-refractivity contribution >= 4 is 57.0 Å². The fourth-order valence-corrected chi connectivity index (χ4v) is 9.08. The molecule has 63 heavy (non-hydrogen) atoms. The Morgan fingerprint density at radius 1 is 1.02 bits per heavy atom. The van der Waals surface area contributed by atoms with E-state index in [2.05, 4.69) is 21.3 Å². The highest BCUT2D eigenvalue weighted by Gasteiger charge is 2.61. The average Bonchev–Trinajstić information content (AvgIpc) is 3.51. The SMILES string of the molecule is COc1ccc2c(O[C@@H]3C[C@H]4C(=O)N[C@]5(C(=O)O)CC5/C=C\CCCCC[C@H](NC(=O)N[C@H](C(=O)c5ccc(F)cc5)C(C)C)C(=O)N4C3)cc(-c3csc(NC(C)C)n3)nc2c1. The number of fused-ring (bicyclic) bond motifs is 3. The maximum Gasteiger partial charge on any atom is 0.330 e. The average molecular weight is 884 g/mol. The number of urea groups is 1. The minimum absolute atomic E-state index is 0.0166. The molecule has 2 aromatic heterocycles. The number of anilines is 1. The number of hydrogen-bond acceptors (Lipinski definition) is 11. The summed E-state index contributed by atoms with van der Waals surface area (Å²) in [4.78, 5) is 80.2. The van der Waals surface area contributed by atoms with Crippen molar-refractivity contribution in [1.29, 1.82) is 0 Å². The van der Waals surface area contributed by atoms with E-state index in [-0.39, 0.29) is 43.3 Å². The van der Waals surface area contributed by atoms with E-state index >= 15 is 0 Å². The van der Waals surface area contributed by atoms with Crippen molar-refractivity contribution in [1.82, 2.24) is 30.8 Å². The lowest BCUT2D eigenvalue weighted by Gasteiger charge is -2.30. The van der Waals surface area contributed by atoms with Gasteiger partial charge in [0.2, 0.25) is 11.8 Å². The fraction of sp³-hybridized carbons (Fsp3) is 0.457. The molecule has 2 aliphatic heterocycles. The number of methoxy groups -OCH3 is 1. The molecule has 5 N–H and O–H groups in total. The van der Waals surface area contributed by atoms with E-state index in [4.69, 9.17) is 19.4 Å². The number of carboxylic acid groups (broad SMARTS) is 1. The molecule has 4 aromatic rings. The maximum absolute atomic E-state index is 14.8. The number of benzene rings is 2. The molecule has 6 atom stereocenters. The van der Waals surface area contributed by atoms with Crippen molar-refractivity contribution < 1.29 is 42.9 Å². The highest BCUT2D eigenvalue weighted by atomic mass is 32.1. The molecule has 17 heteroatoms. The van der Waals surface area contributed by atoms with Gasteiger partial charge in [0.1, 0.15) is 46.7 Å². The van der Waals surface area contributed by atoms with Crippen LogP contribution in [0.4, 0.5) is 14.3 Å². The highest BCUT2D eigenvalue weighted by molar-refractivity contribution is 7.14. The number of ether oxygens (including phenoxy) is 2. The summed E-state index contributed by atoms with van der Waals surface area (Å²) < 4.78 is 25.9. The number of hydrogen-bond donors (Lipinski definition) is 5. The van der Waals surface area contributed by atoms with E-state index in [1.54, 1.807) is 39.2 Å². The van der Waals surface area contributed by atoms with Crippen molar-refractivity contribution in [3.63, 3.8) is 0 Å². The van der Waals surface area contributed by atoms with Crippen molar-refractivity contribution in [3.8, 4) is 22.9 Å². The summed E-state index contributed by atoms with van der Waals surface area (Å²) in [5.74, 6) is -3.04. The predicted octanol–water partition coefficient (Wildman–Crippen LogP) is 6.73. The van der Waals surface area contributed by atoms with Crippen LogP contribution in [0.3, 0.4) is 0 Å². The van der Waals surface area contributed by atoms with E-state index in [1.807, 2.05) is 37.4 Å². The van der Waals surface area contributed by atoms with E-state index < -0.39 is 71.1 Å². The van der Waals surface area contributed by atoms with Crippen LogP contribution in [-0.4, -0.2) is 99.0 Å². The number of Topliss-reactive ketones (excluding diaryl/α,β-unsaturated/α-hetero) is 1. The molecule has 334 valence electrons. The number of aromatic nitrogens is 2. The lowest BCUT2D eigenvalue weighted by molar-refractivity contribution is -0.145. The van der Waals surface area contributed by atoms with E-state index in [0.717, 1.165) is 11.6 Å². The summed E-state index contributed by atoms with van der Waals surface area (Å²) in [6.07, 6.45) is 6.20. The van der Waals surface area contributed by atoms with E-state index in [1.165, 1.54) is 40.5 Å². The molecule has 0 radical (unpaired) electrons. The molecule has 3 aliphatic rings. The minimum Gasteiger partial charge on any atom is -0.497 e. The third kappa shape index (κ3) is 10.2. The van der Waals surface area contributed by atoms with Gasteiger partial charge in [-0.3, -0.25) is 14.4 Å². The molecular formula is C46H54FN7O8S. The summed E-state index contributed by atoms with van der Waals surface area (Å²) in [6.45, 7) is 7.51. The van der Waals surface area contributed by atoms with Crippen LogP contribution in [-0.2, 0) is 14.4 Å². The number of aliphatic carboxylic acids is 1. The van der Waals surface area contributed by atoms with Crippen molar-refractivity contribution in [2.24, 2.45) is 11.8 Å².